The number of hydrogen-bond acceptors (Lipinski definition) is 3. The Hall–Kier alpha value is -1.81. The molecule has 0 N–H and O–H groups in total. The average Bonchev–Trinajstić information content (AvgIpc) is 2.77. The molecule has 0 aliphatic heterocycles. The van der Waals surface area contributed by atoms with Gasteiger partial charge in [-0.3, -0.25) is 0 Å². The van der Waals surface area contributed by atoms with E-state index in [-0.39, 0.29) is 0 Å². The first-order chi connectivity index (χ1) is 9.10. The van der Waals surface area contributed by atoms with Crippen LogP contribution in [0, 0.1) is 0 Å². The van der Waals surface area contributed by atoms with Gasteiger partial charge in [0.2, 0.25) is 0 Å². The van der Waals surface area contributed by atoms with Crippen LogP contribution in [-0.4, -0.2) is 21.9 Å². The summed E-state index contributed by atoms with van der Waals surface area (Å²) in [7, 11) is 3.49. The van der Waals surface area contributed by atoms with E-state index in [1.807, 2.05) is 31.3 Å². The fourth-order valence-corrected chi connectivity index (χ4v) is 1.97. The van der Waals surface area contributed by atoms with Crippen molar-refractivity contribution in [3.63, 3.8) is 0 Å². The second-order valence-corrected chi connectivity index (χ2v) is 4.66. The quantitative estimate of drug-likeness (QED) is 0.788. The van der Waals surface area contributed by atoms with E-state index in [1.165, 1.54) is 0 Å². The minimum Gasteiger partial charge on any atom is -0.502 e. The van der Waals surface area contributed by atoms with E-state index in [0.29, 0.717) is 11.4 Å². The van der Waals surface area contributed by atoms with Gasteiger partial charge in [0.1, 0.15) is 0 Å². The molecule has 0 aliphatic rings. The molecule has 1 heterocycles. The number of aromatic nitrogens is 3. The van der Waals surface area contributed by atoms with Crippen LogP contribution in [0.25, 0.3) is 11.4 Å². The van der Waals surface area contributed by atoms with E-state index >= 15 is 0 Å². The molecule has 0 saturated carbocycles. The number of benzene rings is 1. The lowest BCUT2D eigenvalue weighted by molar-refractivity contribution is 0.278. The van der Waals surface area contributed by atoms with E-state index in [0.717, 1.165) is 29.4 Å². The highest BCUT2D eigenvalue weighted by Crippen LogP contribution is 2.21. The Morgan fingerprint density at radius 2 is 2.26 bits per heavy atom. The van der Waals surface area contributed by atoms with E-state index < -0.39 is 0 Å². The molecular weight excluding hydrogens is 262 g/mol. The maximum absolute atomic E-state index is 5.99. The minimum absolute atomic E-state index is 0.690. The summed E-state index contributed by atoms with van der Waals surface area (Å²) in [5, 5.41) is 5.08. The van der Waals surface area contributed by atoms with Crippen molar-refractivity contribution in [1.29, 1.82) is 0 Å². The summed E-state index contributed by atoms with van der Waals surface area (Å²) in [6, 6.07) is 7.58. The topological polar surface area (TPSA) is 39.9 Å². The van der Waals surface area contributed by atoms with E-state index in [9.17, 15) is 0 Å². The Bertz CT molecular complexity index is 592. The highest BCUT2D eigenvalue weighted by atomic mass is 35.5. The van der Waals surface area contributed by atoms with E-state index in [1.54, 1.807) is 11.8 Å². The van der Waals surface area contributed by atoms with Gasteiger partial charge in [-0.15, -0.1) is 0 Å². The van der Waals surface area contributed by atoms with Gasteiger partial charge in [-0.2, -0.15) is 5.10 Å². The largest absolute Gasteiger partial charge is 0.502 e. The number of ether oxygens (including phenoxy) is 1. The molecule has 1 aromatic carbocycles. The molecule has 0 atom stereocenters. The van der Waals surface area contributed by atoms with Crippen molar-refractivity contribution in [1.82, 2.24) is 14.8 Å². The monoisotopic (exact) mass is 277 g/mol. The smallest absolute Gasteiger partial charge is 0.158 e. The molecule has 5 heteroatoms. The number of halogens is 1. The Morgan fingerprint density at radius 1 is 1.47 bits per heavy atom. The highest BCUT2D eigenvalue weighted by Gasteiger charge is 2.10. The molecule has 100 valence electrons. The van der Waals surface area contributed by atoms with Crippen LogP contribution in [-0.2, 0) is 18.2 Å². The molecule has 2 aromatic rings. The van der Waals surface area contributed by atoms with Gasteiger partial charge in [0.05, 0.1) is 12.9 Å². The van der Waals surface area contributed by atoms with Gasteiger partial charge >= 0.3 is 0 Å². The number of rotatable bonds is 5. The zero-order chi connectivity index (χ0) is 13.8. The lowest BCUT2D eigenvalue weighted by Gasteiger charge is -2.00. The summed E-state index contributed by atoms with van der Waals surface area (Å²) in [6.45, 7) is 3.79. The van der Waals surface area contributed by atoms with E-state index in [4.69, 9.17) is 16.3 Å². The Morgan fingerprint density at radius 3 is 2.95 bits per heavy atom. The van der Waals surface area contributed by atoms with Crippen molar-refractivity contribution in [2.75, 3.05) is 7.11 Å². The van der Waals surface area contributed by atoms with Crippen LogP contribution in [0.5, 0.6) is 0 Å². The fourth-order valence-electron chi connectivity index (χ4n) is 1.78. The maximum Gasteiger partial charge on any atom is 0.158 e. The zero-order valence-electron chi connectivity index (χ0n) is 11.1. The third-order valence-electron chi connectivity index (χ3n) is 2.81. The van der Waals surface area contributed by atoms with Crippen LogP contribution in [0.2, 0.25) is 5.02 Å². The maximum atomic E-state index is 5.99. The van der Waals surface area contributed by atoms with Crippen LogP contribution < -0.4 is 0 Å². The van der Waals surface area contributed by atoms with Crippen molar-refractivity contribution in [3.05, 3.63) is 47.5 Å². The normalized spacial score (nSPS) is 10.5. The van der Waals surface area contributed by atoms with Crippen LogP contribution >= 0.6 is 11.6 Å². The highest BCUT2D eigenvalue weighted by molar-refractivity contribution is 6.30. The Kier molecular flexibility index (Phi) is 4.22. The summed E-state index contributed by atoms with van der Waals surface area (Å²) in [4.78, 5) is 4.52. The van der Waals surface area contributed by atoms with Crippen molar-refractivity contribution in [2.45, 2.75) is 12.8 Å². The molecule has 4 nitrogen and oxygen atoms in total. The molecule has 0 radical (unpaired) electrons. The number of nitrogens with zero attached hydrogens (tertiary/aromatic N) is 3. The SMILES string of the molecule is C=C(CCc1nc(-c2cccc(Cl)c2)n(C)n1)OC. The molecule has 2 rings (SSSR count). The van der Waals surface area contributed by atoms with Crippen molar-refractivity contribution < 1.29 is 4.74 Å². The first-order valence-electron chi connectivity index (χ1n) is 5.98. The van der Waals surface area contributed by atoms with Crippen LogP contribution in [0.15, 0.2) is 36.6 Å². The molecule has 0 amide bonds. The third kappa shape index (κ3) is 3.35. The summed E-state index contributed by atoms with van der Waals surface area (Å²) in [5.41, 5.74) is 0.958. The second-order valence-electron chi connectivity index (χ2n) is 4.23. The van der Waals surface area contributed by atoms with Gasteiger partial charge in [-0.05, 0) is 12.1 Å². The molecule has 0 bridgehead atoms. The van der Waals surface area contributed by atoms with Crippen molar-refractivity contribution >= 4 is 11.6 Å². The first kappa shape index (κ1) is 13.6. The molecule has 0 spiro atoms. The van der Waals surface area contributed by atoms with Gasteiger partial charge in [0.25, 0.3) is 0 Å². The minimum atomic E-state index is 0.690. The lowest BCUT2D eigenvalue weighted by Crippen LogP contribution is -1.95. The van der Waals surface area contributed by atoms with E-state index in [2.05, 4.69) is 16.7 Å². The van der Waals surface area contributed by atoms with Gasteiger partial charge < -0.3 is 4.74 Å². The molecule has 0 fully saturated rings. The molecule has 0 aliphatic carbocycles. The predicted molar refractivity (Wildman–Crippen MR) is 75.9 cm³/mol. The first-order valence-corrected chi connectivity index (χ1v) is 6.35. The molecule has 0 saturated heterocycles. The van der Waals surface area contributed by atoms with Crippen LogP contribution in [0.3, 0.4) is 0 Å². The predicted octanol–water partition coefficient (Wildman–Crippen LogP) is 3.23. The number of hydrogen-bond donors (Lipinski definition) is 0. The Balaban J connectivity index is 2.19. The number of methoxy groups -OCH3 is 1. The van der Waals surface area contributed by atoms with Gasteiger partial charge in [-0.1, -0.05) is 30.3 Å². The average molecular weight is 278 g/mol. The summed E-state index contributed by atoms with van der Waals surface area (Å²) in [6.07, 6.45) is 1.43. The zero-order valence-corrected chi connectivity index (χ0v) is 11.8. The van der Waals surface area contributed by atoms with Crippen LogP contribution in [0.4, 0.5) is 0 Å². The molecule has 0 unspecified atom stereocenters. The van der Waals surface area contributed by atoms with Crippen molar-refractivity contribution in [3.8, 4) is 11.4 Å². The van der Waals surface area contributed by atoms with Gasteiger partial charge in [0.15, 0.2) is 11.6 Å². The number of aryl methyl sites for hydroxylation is 2. The number of allylic oxidation sites excluding steroid dienone is 1. The third-order valence-corrected chi connectivity index (χ3v) is 3.04. The van der Waals surface area contributed by atoms with Crippen LogP contribution in [0.1, 0.15) is 12.2 Å². The standard InChI is InChI=1S/C14H16ClN3O/c1-10(19-3)7-8-13-16-14(18(2)17-13)11-5-4-6-12(15)9-11/h4-6,9H,1,7-8H2,2-3H3. The molecule has 19 heavy (non-hydrogen) atoms. The van der Waals surface area contributed by atoms with Gasteiger partial charge in [-0.25, -0.2) is 9.67 Å². The van der Waals surface area contributed by atoms with Gasteiger partial charge in [0, 0.05) is 30.5 Å². The summed E-state index contributed by atoms with van der Waals surface area (Å²) < 4.78 is 6.80. The summed E-state index contributed by atoms with van der Waals surface area (Å²) in [5.74, 6) is 2.31. The van der Waals surface area contributed by atoms with Crippen molar-refractivity contribution in [2.24, 2.45) is 7.05 Å². The lowest BCUT2D eigenvalue weighted by atomic mass is 10.2. The Labute approximate surface area is 117 Å². The fraction of sp³-hybridized carbons (Fsp3) is 0.286. The molecular formula is C14H16ClN3O. The summed E-state index contributed by atoms with van der Waals surface area (Å²) >= 11 is 5.99. The second kappa shape index (κ2) is 5.89. The molecule has 1 aromatic heterocycles.